The molecule has 6 heteroatoms. The first-order valence-corrected chi connectivity index (χ1v) is 5.35. The number of rotatable bonds is 3. The lowest BCUT2D eigenvalue weighted by Crippen LogP contribution is -2.30. The van der Waals surface area contributed by atoms with Crippen molar-refractivity contribution in [2.24, 2.45) is 0 Å². The molecule has 0 radical (unpaired) electrons. The Morgan fingerprint density at radius 2 is 2.57 bits per heavy atom. The maximum atomic E-state index is 5.72. The molecule has 0 saturated carbocycles. The zero-order valence-corrected chi connectivity index (χ0v) is 8.84. The van der Waals surface area contributed by atoms with Gasteiger partial charge in [0.25, 0.3) is 0 Å². The van der Waals surface area contributed by atoms with Gasteiger partial charge in [0.1, 0.15) is 10.6 Å². The fraction of sp³-hybridized carbons (Fsp3) is 0.750. The summed E-state index contributed by atoms with van der Waals surface area (Å²) in [5.74, 6) is 0.316. The Kier molecular flexibility index (Phi) is 2.66. The van der Waals surface area contributed by atoms with Gasteiger partial charge in [-0.3, -0.25) is 0 Å². The minimum absolute atomic E-state index is 0.316. The van der Waals surface area contributed by atoms with Crippen LogP contribution < -0.4 is 5.73 Å². The predicted molar refractivity (Wildman–Crippen MR) is 53.1 cm³/mol. The SMILES string of the molecule is CCOC1(c2nc(N)ns2)CCOC1. The minimum Gasteiger partial charge on any atom is -0.378 e. The van der Waals surface area contributed by atoms with Crippen LogP contribution in [0.25, 0.3) is 0 Å². The van der Waals surface area contributed by atoms with Crippen LogP contribution in [0.3, 0.4) is 0 Å². The van der Waals surface area contributed by atoms with Crippen LogP contribution in [-0.2, 0) is 15.1 Å². The van der Waals surface area contributed by atoms with Crippen LogP contribution in [-0.4, -0.2) is 29.2 Å². The molecule has 2 rings (SSSR count). The molecule has 1 saturated heterocycles. The van der Waals surface area contributed by atoms with E-state index in [4.69, 9.17) is 15.2 Å². The fourth-order valence-corrected chi connectivity index (χ4v) is 2.33. The highest BCUT2D eigenvalue weighted by Crippen LogP contribution is 2.35. The van der Waals surface area contributed by atoms with Crippen molar-refractivity contribution in [1.29, 1.82) is 0 Å². The van der Waals surface area contributed by atoms with Gasteiger partial charge in [-0.1, -0.05) is 0 Å². The standard InChI is InChI=1S/C8H13N3O2S/c1-2-13-8(3-4-12-5-8)6-10-7(9)11-14-6/h2-5H2,1H3,(H2,9,11). The number of hydrogen-bond acceptors (Lipinski definition) is 6. The average molecular weight is 215 g/mol. The summed E-state index contributed by atoms with van der Waals surface area (Å²) in [6.45, 7) is 3.86. The summed E-state index contributed by atoms with van der Waals surface area (Å²) in [6, 6.07) is 0. The molecule has 1 aliphatic rings. The van der Waals surface area contributed by atoms with E-state index in [-0.39, 0.29) is 0 Å². The van der Waals surface area contributed by atoms with E-state index in [1.54, 1.807) is 0 Å². The van der Waals surface area contributed by atoms with E-state index in [1.165, 1.54) is 11.5 Å². The van der Waals surface area contributed by atoms with Gasteiger partial charge in [0.15, 0.2) is 0 Å². The normalized spacial score (nSPS) is 26.9. The van der Waals surface area contributed by atoms with Gasteiger partial charge >= 0.3 is 0 Å². The molecule has 1 aromatic rings. The van der Waals surface area contributed by atoms with Crippen LogP contribution in [0.5, 0.6) is 0 Å². The van der Waals surface area contributed by atoms with Crippen molar-refractivity contribution in [2.45, 2.75) is 18.9 Å². The molecule has 0 amide bonds. The Bertz CT molecular complexity index is 309. The zero-order valence-electron chi connectivity index (χ0n) is 8.02. The summed E-state index contributed by atoms with van der Waals surface area (Å²) in [5, 5.41) is 0.828. The lowest BCUT2D eigenvalue weighted by atomic mass is 10.0. The largest absolute Gasteiger partial charge is 0.378 e. The molecule has 1 atom stereocenters. The molecule has 0 bridgehead atoms. The number of nitrogen functional groups attached to an aromatic ring is 1. The Morgan fingerprint density at radius 3 is 3.07 bits per heavy atom. The lowest BCUT2D eigenvalue weighted by molar-refractivity contribution is -0.0483. The van der Waals surface area contributed by atoms with E-state index in [0.717, 1.165) is 11.4 Å². The van der Waals surface area contributed by atoms with Crippen LogP contribution in [0.2, 0.25) is 0 Å². The van der Waals surface area contributed by atoms with Crippen molar-refractivity contribution >= 4 is 17.5 Å². The van der Waals surface area contributed by atoms with Crippen LogP contribution in [0.15, 0.2) is 0 Å². The number of ether oxygens (including phenoxy) is 2. The maximum Gasteiger partial charge on any atom is 0.232 e. The molecule has 78 valence electrons. The third kappa shape index (κ3) is 1.60. The Labute approximate surface area is 86.4 Å². The van der Waals surface area contributed by atoms with Crippen LogP contribution in [0.4, 0.5) is 5.95 Å². The van der Waals surface area contributed by atoms with Crippen molar-refractivity contribution in [3.63, 3.8) is 0 Å². The van der Waals surface area contributed by atoms with Gasteiger partial charge in [-0.15, -0.1) is 0 Å². The van der Waals surface area contributed by atoms with E-state index in [9.17, 15) is 0 Å². The third-order valence-corrected chi connectivity index (χ3v) is 3.15. The molecule has 0 aromatic carbocycles. The zero-order chi connectivity index (χ0) is 10.0. The molecule has 1 aliphatic heterocycles. The van der Waals surface area contributed by atoms with Gasteiger partial charge < -0.3 is 15.2 Å². The number of hydrogen-bond donors (Lipinski definition) is 1. The third-order valence-electron chi connectivity index (χ3n) is 2.24. The molecule has 0 spiro atoms. The smallest absolute Gasteiger partial charge is 0.232 e. The van der Waals surface area contributed by atoms with E-state index in [1.807, 2.05) is 6.92 Å². The summed E-state index contributed by atoms with van der Waals surface area (Å²) in [7, 11) is 0. The van der Waals surface area contributed by atoms with Crippen molar-refractivity contribution in [1.82, 2.24) is 9.36 Å². The molecule has 2 heterocycles. The molecule has 2 N–H and O–H groups in total. The van der Waals surface area contributed by atoms with Crippen molar-refractivity contribution in [3.05, 3.63) is 5.01 Å². The highest BCUT2D eigenvalue weighted by molar-refractivity contribution is 7.05. The first kappa shape index (κ1) is 9.82. The Hall–Kier alpha value is -0.720. The van der Waals surface area contributed by atoms with Crippen LogP contribution in [0.1, 0.15) is 18.4 Å². The number of nitrogens with zero attached hydrogens (tertiary/aromatic N) is 2. The van der Waals surface area contributed by atoms with Gasteiger partial charge in [0.05, 0.1) is 6.61 Å². The monoisotopic (exact) mass is 215 g/mol. The molecular formula is C8H13N3O2S. The summed E-state index contributed by atoms with van der Waals surface area (Å²) >= 11 is 1.29. The summed E-state index contributed by atoms with van der Waals surface area (Å²) < 4.78 is 15.0. The first-order valence-electron chi connectivity index (χ1n) is 4.58. The van der Waals surface area contributed by atoms with E-state index in [0.29, 0.717) is 25.8 Å². The molecule has 0 aliphatic carbocycles. The second-order valence-electron chi connectivity index (χ2n) is 3.19. The highest BCUT2D eigenvalue weighted by Gasteiger charge is 2.40. The first-order chi connectivity index (χ1) is 6.77. The lowest BCUT2D eigenvalue weighted by Gasteiger charge is -2.23. The molecule has 1 aromatic heterocycles. The van der Waals surface area contributed by atoms with Crippen molar-refractivity contribution in [3.8, 4) is 0 Å². The van der Waals surface area contributed by atoms with Gasteiger partial charge in [0.2, 0.25) is 5.95 Å². The molecule has 1 fully saturated rings. The summed E-state index contributed by atoms with van der Waals surface area (Å²) in [4.78, 5) is 4.16. The average Bonchev–Trinajstić information content (AvgIpc) is 2.75. The van der Waals surface area contributed by atoms with Crippen molar-refractivity contribution < 1.29 is 9.47 Å². The van der Waals surface area contributed by atoms with Gasteiger partial charge in [0, 0.05) is 19.6 Å². The topological polar surface area (TPSA) is 70.3 Å². The number of aromatic nitrogens is 2. The molecule has 5 nitrogen and oxygen atoms in total. The van der Waals surface area contributed by atoms with E-state index in [2.05, 4.69) is 9.36 Å². The van der Waals surface area contributed by atoms with E-state index < -0.39 is 5.60 Å². The van der Waals surface area contributed by atoms with Crippen LogP contribution >= 0.6 is 11.5 Å². The highest BCUT2D eigenvalue weighted by atomic mass is 32.1. The quantitative estimate of drug-likeness (QED) is 0.806. The van der Waals surface area contributed by atoms with Gasteiger partial charge in [-0.25, -0.2) is 4.98 Å². The number of nitrogens with two attached hydrogens (primary N) is 1. The predicted octanol–water partition coefficient (Wildman–Crippen LogP) is 0.772. The minimum atomic E-state index is -0.399. The van der Waals surface area contributed by atoms with Gasteiger partial charge in [-0.2, -0.15) is 4.37 Å². The number of anilines is 1. The van der Waals surface area contributed by atoms with Crippen LogP contribution in [0, 0.1) is 0 Å². The van der Waals surface area contributed by atoms with Crippen molar-refractivity contribution in [2.75, 3.05) is 25.6 Å². The fourth-order valence-electron chi connectivity index (χ4n) is 1.59. The second kappa shape index (κ2) is 3.80. The van der Waals surface area contributed by atoms with Gasteiger partial charge in [-0.05, 0) is 18.5 Å². The molecule has 14 heavy (non-hydrogen) atoms. The molecule has 1 unspecified atom stereocenters. The Morgan fingerprint density at radius 1 is 1.71 bits per heavy atom. The molecular weight excluding hydrogens is 202 g/mol. The second-order valence-corrected chi connectivity index (χ2v) is 3.94. The Balaban J connectivity index is 2.26. The summed E-state index contributed by atoms with van der Waals surface area (Å²) in [5.41, 5.74) is 5.09. The summed E-state index contributed by atoms with van der Waals surface area (Å²) in [6.07, 6.45) is 0.829. The van der Waals surface area contributed by atoms with E-state index >= 15 is 0 Å². The maximum absolute atomic E-state index is 5.72.